The third-order valence-corrected chi connectivity index (χ3v) is 4.41. The van der Waals surface area contributed by atoms with Gasteiger partial charge in [-0.1, -0.05) is 26.2 Å². The van der Waals surface area contributed by atoms with Crippen LogP contribution in [0.2, 0.25) is 4.37 Å². The van der Waals surface area contributed by atoms with Gasteiger partial charge in [0.2, 0.25) is 0 Å². The number of rotatable bonds is 14. The normalized spacial score (nSPS) is 10.9. The van der Waals surface area contributed by atoms with Crippen LogP contribution in [-0.2, 0) is 0 Å². The molecule has 0 aromatic carbocycles. The SMILES string of the molecule is CCCCCCCCCCCCCCC[CH2][Sb]. The molecule has 0 rings (SSSR count). The zero-order valence-corrected chi connectivity index (χ0v) is 14.6. The van der Waals surface area contributed by atoms with Gasteiger partial charge in [0, 0.05) is 0 Å². The Morgan fingerprint density at radius 3 is 1.06 bits per heavy atom. The van der Waals surface area contributed by atoms with E-state index in [1.54, 1.807) is 0 Å². The van der Waals surface area contributed by atoms with Crippen molar-refractivity contribution in [3.63, 3.8) is 0 Å². The van der Waals surface area contributed by atoms with E-state index in [9.17, 15) is 0 Å². The van der Waals surface area contributed by atoms with Gasteiger partial charge in [-0.15, -0.1) is 0 Å². The molecule has 0 nitrogen and oxygen atoms in total. The summed E-state index contributed by atoms with van der Waals surface area (Å²) in [6, 6.07) is 0. The Hall–Kier alpha value is 0.818. The van der Waals surface area contributed by atoms with Crippen molar-refractivity contribution in [3.8, 4) is 0 Å². The zero-order valence-electron chi connectivity index (χ0n) is 12.1. The second kappa shape index (κ2) is 16.8. The quantitative estimate of drug-likeness (QED) is 0.265. The molecule has 0 heterocycles. The van der Waals surface area contributed by atoms with E-state index in [0.717, 1.165) is 0 Å². The second-order valence-corrected chi connectivity index (χ2v) is 6.60. The molecule has 0 bridgehead atoms. The van der Waals surface area contributed by atoms with Gasteiger partial charge in [-0.2, -0.15) is 0 Å². The van der Waals surface area contributed by atoms with Gasteiger partial charge in [0.25, 0.3) is 0 Å². The van der Waals surface area contributed by atoms with Crippen LogP contribution in [0.25, 0.3) is 0 Å². The number of hydrogen-bond donors (Lipinski definition) is 0. The van der Waals surface area contributed by atoms with Crippen LogP contribution in [-0.4, -0.2) is 23.0 Å². The first-order valence-corrected chi connectivity index (χ1v) is 9.83. The Morgan fingerprint density at radius 1 is 0.471 bits per heavy atom. The average Bonchev–Trinajstić information content (AvgIpc) is 2.35. The predicted octanol–water partition coefficient (Wildman–Crippen LogP) is 6.05. The van der Waals surface area contributed by atoms with Crippen LogP contribution in [0.4, 0.5) is 0 Å². The summed E-state index contributed by atoms with van der Waals surface area (Å²) in [6.07, 6.45) is 20.6. The topological polar surface area (TPSA) is 0 Å². The van der Waals surface area contributed by atoms with Crippen LogP contribution in [0, 0.1) is 0 Å². The van der Waals surface area contributed by atoms with Crippen molar-refractivity contribution < 1.29 is 0 Å². The molecule has 0 spiro atoms. The van der Waals surface area contributed by atoms with E-state index in [0.29, 0.717) is 0 Å². The number of unbranched alkanes of at least 4 members (excludes halogenated alkanes) is 13. The third kappa shape index (κ3) is 16.8. The van der Waals surface area contributed by atoms with Crippen LogP contribution in [0.5, 0.6) is 0 Å². The molecule has 0 saturated carbocycles. The van der Waals surface area contributed by atoms with Gasteiger partial charge in [-0.25, -0.2) is 0 Å². The first-order valence-electron chi connectivity index (χ1n) is 8.02. The first kappa shape index (κ1) is 17.8. The Balaban J connectivity index is 2.85. The molecule has 0 fully saturated rings. The van der Waals surface area contributed by atoms with Crippen molar-refractivity contribution in [2.24, 2.45) is 0 Å². The van der Waals surface area contributed by atoms with Crippen LogP contribution in [0.3, 0.4) is 0 Å². The van der Waals surface area contributed by atoms with E-state index in [1.807, 2.05) is 23.0 Å². The molecular formula is C16H33Sb. The summed E-state index contributed by atoms with van der Waals surface area (Å²) in [5.41, 5.74) is 0. The Kier molecular flexibility index (Phi) is 17.6. The average molecular weight is 347 g/mol. The summed E-state index contributed by atoms with van der Waals surface area (Å²) >= 11 is 1.97. The molecular weight excluding hydrogens is 314 g/mol. The van der Waals surface area contributed by atoms with Crippen LogP contribution >= 0.6 is 0 Å². The fourth-order valence-electron chi connectivity index (χ4n) is 2.31. The molecule has 0 N–H and O–H groups in total. The van der Waals surface area contributed by atoms with Gasteiger partial charge in [-0.3, -0.25) is 0 Å². The van der Waals surface area contributed by atoms with E-state index in [4.69, 9.17) is 0 Å². The molecule has 2 radical (unpaired) electrons. The zero-order chi connectivity index (χ0) is 12.6. The first-order chi connectivity index (χ1) is 8.41. The van der Waals surface area contributed by atoms with E-state index < -0.39 is 0 Å². The maximum absolute atomic E-state index is 2.29. The van der Waals surface area contributed by atoms with E-state index in [2.05, 4.69) is 6.92 Å². The van der Waals surface area contributed by atoms with E-state index in [-0.39, 0.29) is 0 Å². The van der Waals surface area contributed by atoms with Crippen LogP contribution in [0.15, 0.2) is 0 Å². The van der Waals surface area contributed by atoms with Crippen LogP contribution < -0.4 is 0 Å². The fraction of sp³-hybridized carbons (Fsp3) is 1.00. The molecule has 0 amide bonds. The summed E-state index contributed by atoms with van der Waals surface area (Å²) < 4.78 is 1.42. The van der Waals surface area contributed by atoms with Crippen molar-refractivity contribution in [1.29, 1.82) is 0 Å². The van der Waals surface area contributed by atoms with Crippen molar-refractivity contribution in [2.75, 3.05) is 0 Å². The van der Waals surface area contributed by atoms with Gasteiger partial charge in [0.1, 0.15) is 0 Å². The fourth-order valence-corrected chi connectivity index (χ4v) is 2.94. The predicted molar refractivity (Wildman–Crippen MR) is 80.9 cm³/mol. The maximum atomic E-state index is 2.29. The molecule has 0 atom stereocenters. The van der Waals surface area contributed by atoms with Crippen molar-refractivity contribution in [3.05, 3.63) is 0 Å². The Labute approximate surface area is 124 Å². The van der Waals surface area contributed by atoms with Crippen molar-refractivity contribution in [2.45, 2.75) is 101 Å². The molecule has 0 aliphatic rings. The van der Waals surface area contributed by atoms with Crippen molar-refractivity contribution >= 4 is 23.0 Å². The molecule has 0 unspecified atom stereocenters. The van der Waals surface area contributed by atoms with Gasteiger partial charge >= 0.3 is 98.0 Å². The summed E-state index contributed by atoms with van der Waals surface area (Å²) in [7, 11) is 0. The molecule has 0 aromatic heterocycles. The molecule has 0 saturated heterocycles. The molecule has 0 aliphatic heterocycles. The van der Waals surface area contributed by atoms with Crippen LogP contribution in [0.1, 0.15) is 96.8 Å². The van der Waals surface area contributed by atoms with Crippen molar-refractivity contribution in [1.82, 2.24) is 0 Å². The molecule has 1 heteroatoms. The summed E-state index contributed by atoms with van der Waals surface area (Å²) in [5, 5.41) is 0. The minimum absolute atomic E-state index is 1.37. The summed E-state index contributed by atoms with van der Waals surface area (Å²) in [4.78, 5) is 0. The third-order valence-electron chi connectivity index (χ3n) is 3.51. The van der Waals surface area contributed by atoms with E-state index in [1.165, 1.54) is 94.3 Å². The molecule has 17 heavy (non-hydrogen) atoms. The summed E-state index contributed by atoms with van der Waals surface area (Å²) in [6.45, 7) is 2.29. The minimum atomic E-state index is 1.37. The molecule has 0 aliphatic carbocycles. The number of hydrogen-bond acceptors (Lipinski definition) is 0. The summed E-state index contributed by atoms with van der Waals surface area (Å²) in [5.74, 6) is 0. The second-order valence-electron chi connectivity index (χ2n) is 5.32. The van der Waals surface area contributed by atoms with Gasteiger partial charge in [0.15, 0.2) is 0 Å². The Bertz CT molecular complexity index is 109. The van der Waals surface area contributed by atoms with Gasteiger partial charge in [0.05, 0.1) is 0 Å². The van der Waals surface area contributed by atoms with Gasteiger partial charge < -0.3 is 0 Å². The van der Waals surface area contributed by atoms with E-state index >= 15 is 0 Å². The molecule has 0 aromatic rings. The standard InChI is InChI=1S/C16H33.Sb/c1-3-5-7-9-11-13-15-16-14-12-10-8-6-4-2;/h1,3-16H2,2H3;. The molecule has 102 valence electrons. The van der Waals surface area contributed by atoms with Gasteiger partial charge in [-0.05, 0) is 0 Å². The Morgan fingerprint density at radius 2 is 0.765 bits per heavy atom. The monoisotopic (exact) mass is 346 g/mol.